The van der Waals surface area contributed by atoms with Gasteiger partial charge in [0.25, 0.3) is 15.9 Å². The average molecular weight is 978 g/mol. The molecule has 2 saturated carbocycles. The molecule has 1 atom stereocenters. The topological polar surface area (TPSA) is 205 Å². The van der Waals surface area contributed by atoms with Gasteiger partial charge in [-0.3, -0.25) is 19.8 Å². The van der Waals surface area contributed by atoms with Gasteiger partial charge in [-0.25, -0.2) is 31.7 Å². The van der Waals surface area contributed by atoms with E-state index in [9.17, 15) is 27.5 Å². The Labute approximate surface area is 404 Å². The van der Waals surface area contributed by atoms with Crippen molar-refractivity contribution in [3.8, 4) is 11.5 Å². The number of rotatable bonds is 14. The highest BCUT2D eigenvalue weighted by Crippen LogP contribution is 2.54. The zero-order valence-electron chi connectivity index (χ0n) is 39.3. The lowest BCUT2D eigenvalue weighted by molar-refractivity contribution is -0.384. The number of piperidine rings is 1. The van der Waals surface area contributed by atoms with Crippen molar-refractivity contribution in [1.82, 2.24) is 24.6 Å². The molecule has 5 aliphatic rings. The van der Waals surface area contributed by atoms with Crippen LogP contribution in [0.2, 0.25) is 0 Å². The van der Waals surface area contributed by atoms with E-state index in [1.807, 2.05) is 12.1 Å². The quantitative estimate of drug-likeness (QED) is 0.0703. The Balaban J connectivity index is 0.807. The van der Waals surface area contributed by atoms with E-state index in [-0.39, 0.29) is 29.1 Å². The van der Waals surface area contributed by atoms with Crippen molar-refractivity contribution in [2.75, 3.05) is 47.9 Å². The third kappa shape index (κ3) is 10.2. The smallest absolute Gasteiger partial charge is 0.312 e. The molecule has 3 N–H and O–H groups in total. The van der Waals surface area contributed by atoms with Gasteiger partial charge in [0.2, 0.25) is 5.82 Å². The number of hydrogen-bond acceptors (Lipinski definition) is 13. The summed E-state index contributed by atoms with van der Waals surface area (Å²) in [4.78, 5) is 41.9. The molecule has 10 rings (SSSR count). The number of aromatic amines is 1. The number of amides is 1. The molecular formula is C51H63N9O7S2. The molecule has 69 heavy (non-hydrogen) atoms. The first kappa shape index (κ1) is 47.1. The van der Waals surface area contributed by atoms with Crippen molar-refractivity contribution in [3.05, 3.63) is 106 Å². The van der Waals surface area contributed by atoms with Gasteiger partial charge in [-0.2, -0.15) is 0 Å². The maximum Gasteiger partial charge on any atom is 0.312 e. The van der Waals surface area contributed by atoms with Gasteiger partial charge in [-0.15, -0.1) is 0 Å². The van der Waals surface area contributed by atoms with E-state index in [2.05, 4.69) is 66.0 Å². The summed E-state index contributed by atoms with van der Waals surface area (Å²) in [5.41, 5.74) is 4.21. The normalized spacial score (nSPS) is 22.8. The van der Waals surface area contributed by atoms with Crippen molar-refractivity contribution < 1.29 is 27.1 Å². The Morgan fingerprint density at radius 3 is 2.51 bits per heavy atom. The second-order valence-corrected chi connectivity index (χ2v) is 24.3. The fourth-order valence-electron chi connectivity index (χ4n) is 11.7. The minimum Gasteiger partial charge on any atom is -0.455 e. The summed E-state index contributed by atoms with van der Waals surface area (Å²) in [6.45, 7) is 5.47. The van der Waals surface area contributed by atoms with Crippen LogP contribution < -0.4 is 19.7 Å². The van der Waals surface area contributed by atoms with E-state index in [0.29, 0.717) is 46.9 Å². The van der Waals surface area contributed by atoms with Crippen LogP contribution in [0.1, 0.15) is 118 Å². The molecule has 0 unspecified atom stereocenters. The van der Waals surface area contributed by atoms with Gasteiger partial charge in [0.1, 0.15) is 22.0 Å². The molecule has 3 aliphatic heterocycles. The van der Waals surface area contributed by atoms with Crippen LogP contribution in [0, 0.1) is 21.4 Å². The Morgan fingerprint density at radius 1 is 0.957 bits per heavy atom. The van der Waals surface area contributed by atoms with Crippen LogP contribution in [0.25, 0.3) is 11.0 Å². The molecule has 6 heterocycles. The molecule has 366 valence electrons. The van der Waals surface area contributed by atoms with Crippen molar-refractivity contribution in [2.45, 2.75) is 120 Å². The van der Waals surface area contributed by atoms with Crippen LogP contribution in [0.5, 0.6) is 11.5 Å². The van der Waals surface area contributed by atoms with Crippen molar-refractivity contribution in [1.29, 1.82) is 0 Å². The molecule has 2 aliphatic carbocycles. The van der Waals surface area contributed by atoms with Crippen LogP contribution in [0.4, 0.5) is 17.2 Å². The zero-order chi connectivity index (χ0) is 47.8. The fourth-order valence-corrected chi connectivity index (χ4v) is 15.2. The summed E-state index contributed by atoms with van der Waals surface area (Å²) in [5.74, 6) is 1.03. The highest BCUT2D eigenvalue weighted by molar-refractivity contribution is 7.93. The number of pyridine rings is 2. The van der Waals surface area contributed by atoms with Gasteiger partial charge in [0.15, 0.2) is 0 Å². The number of anilines is 2. The average Bonchev–Trinajstić information content (AvgIpc) is 4.03. The lowest BCUT2D eigenvalue weighted by Crippen LogP contribution is -2.54. The number of benzene rings is 2. The van der Waals surface area contributed by atoms with E-state index in [1.165, 1.54) is 43.0 Å². The van der Waals surface area contributed by atoms with Crippen LogP contribution >= 0.6 is 0 Å². The molecule has 2 aromatic carbocycles. The van der Waals surface area contributed by atoms with Crippen molar-refractivity contribution in [3.63, 3.8) is 0 Å². The molecule has 5 fully saturated rings. The highest BCUT2D eigenvalue weighted by atomic mass is 32.2. The standard InChI is InChI=1S/C51H63N9O7S2/c1-2-36-9-4-5-10-43(36)45-11-8-22-59(45)40-30-51(31-40)19-23-58(24-20-51)39-16-17-44(47(28-39)67-41-27-37-18-21-52-48(37)54-33-41)50(61)57-69(65,66)42-29-46(60(62)63)49(55-34-42)53-32-35-12-14-38(15-13-35)56-68(64)25-6-3-7-26-68/h4-5,9-10,16-18,21,27-29,33-35,38,40,45H,2-3,6-8,11-15,19-20,22-26,30-32H2,1H3,(H,52,54)(H,53,55)(H,57,61)/t35?,38?,45-/m0/s1. The number of carbonyl (C=O) groups excluding carboxylic acids is 1. The van der Waals surface area contributed by atoms with Crippen LogP contribution in [0.15, 0.2) is 88.5 Å². The van der Waals surface area contributed by atoms with Gasteiger partial charge < -0.3 is 19.9 Å². The molecular weight excluding hydrogens is 915 g/mol. The number of nitro groups is 1. The Morgan fingerprint density at radius 2 is 1.74 bits per heavy atom. The number of H-pyrrole nitrogens is 1. The fraction of sp³-hybridized carbons (Fsp3) is 0.510. The Hall–Kier alpha value is -5.59. The first-order valence-electron chi connectivity index (χ1n) is 24.9. The number of nitrogens with zero attached hydrogens (tertiary/aromatic N) is 6. The number of ether oxygens (including phenoxy) is 1. The maximum absolute atomic E-state index is 14.0. The van der Waals surface area contributed by atoms with E-state index in [1.54, 1.807) is 24.4 Å². The predicted molar refractivity (Wildman–Crippen MR) is 268 cm³/mol. The Bertz CT molecular complexity index is 2940. The van der Waals surface area contributed by atoms with Gasteiger partial charge in [0.05, 0.1) is 28.9 Å². The summed E-state index contributed by atoms with van der Waals surface area (Å²) in [6.07, 6.45) is 18.6. The van der Waals surface area contributed by atoms with Crippen LogP contribution in [0.3, 0.4) is 0 Å². The molecule has 3 saturated heterocycles. The predicted octanol–water partition coefficient (Wildman–Crippen LogP) is 9.55. The van der Waals surface area contributed by atoms with E-state index < -0.39 is 41.2 Å². The van der Waals surface area contributed by atoms with Crippen molar-refractivity contribution >= 4 is 53.9 Å². The van der Waals surface area contributed by atoms with Gasteiger partial charge in [0, 0.05) is 82.4 Å². The summed E-state index contributed by atoms with van der Waals surface area (Å²) in [7, 11) is -6.76. The summed E-state index contributed by atoms with van der Waals surface area (Å²) in [6, 6.07) is 19.8. The van der Waals surface area contributed by atoms with Crippen LogP contribution in [-0.4, -0.2) is 93.1 Å². The van der Waals surface area contributed by atoms with E-state index in [4.69, 9.17) is 9.10 Å². The monoisotopic (exact) mass is 977 g/mol. The number of aromatic nitrogens is 3. The molecule has 1 amide bonds. The first-order valence-corrected chi connectivity index (χ1v) is 28.2. The Kier molecular flexibility index (Phi) is 13.4. The third-order valence-electron chi connectivity index (χ3n) is 15.6. The van der Waals surface area contributed by atoms with E-state index >= 15 is 0 Å². The highest BCUT2D eigenvalue weighted by Gasteiger charge is 2.50. The first-order chi connectivity index (χ1) is 33.4. The lowest BCUT2D eigenvalue weighted by atomic mass is 9.59. The third-order valence-corrected chi connectivity index (χ3v) is 19.4. The lowest BCUT2D eigenvalue weighted by Gasteiger charge is -2.56. The maximum atomic E-state index is 14.0. The second-order valence-electron chi connectivity index (χ2n) is 20.0. The molecule has 18 heteroatoms. The number of aryl methyl sites for hydroxylation is 1. The SMILES string of the molecule is CCc1ccccc1[C@@H]1CCCN1C1CC2(CCN(c3ccc(C(=O)NS(=O)(=O)c4cnc(NCC5CCC(N=S6(=O)CCCCC6)CC5)c([N+](=O)[O-])c4)c(Oc4cnc5[nH]ccc5c4)c3)CC2)C1. The van der Waals surface area contributed by atoms with Crippen molar-refractivity contribution in [2.24, 2.45) is 15.7 Å². The number of hydrogen-bond donors (Lipinski definition) is 3. The number of nitrogens with one attached hydrogen (secondary N) is 3. The molecule has 0 bridgehead atoms. The number of sulfonamides is 1. The van der Waals surface area contributed by atoms with E-state index in [0.717, 1.165) is 107 Å². The molecule has 1 spiro atoms. The molecule has 5 aromatic rings. The van der Waals surface area contributed by atoms with Gasteiger partial charge in [-0.1, -0.05) is 37.6 Å². The number of fused-ring (bicyclic) bond motifs is 1. The van der Waals surface area contributed by atoms with Gasteiger partial charge >= 0.3 is 5.69 Å². The number of likely N-dealkylation sites (tertiary alicyclic amines) is 1. The molecule has 0 radical (unpaired) electrons. The molecule has 16 nitrogen and oxygen atoms in total. The largest absolute Gasteiger partial charge is 0.455 e. The summed E-state index contributed by atoms with van der Waals surface area (Å²) in [5, 5.41) is 16.1. The number of carbonyl (C=O) groups is 1. The minimum absolute atomic E-state index is 0.0366. The minimum atomic E-state index is -4.64. The second kappa shape index (κ2) is 19.7. The summed E-state index contributed by atoms with van der Waals surface area (Å²) >= 11 is 0. The summed E-state index contributed by atoms with van der Waals surface area (Å²) < 4.78 is 54.0. The van der Waals surface area contributed by atoms with Crippen LogP contribution in [-0.2, 0) is 26.2 Å². The van der Waals surface area contributed by atoms with Gasteiger partial charge in [-0.05, 0) is 137 Å². The zero-order valence-corrected chi connectivity index (χ0v) is 40.9. The molecule has 3 aromatic heterocycles.